The Balaban J connectivity index is 2.01. The molecule has 9 nitrogen and oxygen atoms in total. The van der Waals surface area contributed by atoms with E-state index in [9.17, 15) is 9.59 Å². The lowest BCUT2D eigenvalue weighted by molar-refractivity contribution is -0.0348. The molecule has 1 aliphatic rings. The fraction of sp³-hybridized carbons (Fsp3) is 0.789. The van der Waals surface area contributed by atoms with Crippen LogP contribution < -0.4 is 16.6 Å². The summed E-state index contributed by atoms with van der Waals surface area (Å²) in [5.41, 5.74) is -0.345. The number of ether oxygens (including phenoxy) is 1. The summed E-state index contributed by atoms with van der Waals surface area (Å²) in [4.78, 5) is 26.3. The number of rotatable bonds is 14. The summed E-state index contributed by atoms with van der Waals surface area (Å²) in [6.07, 6.45) is 1.29. The van der Waals surface area contributed by atoms with Crippen LogP contribution in [-0.4, -0.2) is 69.8 Å². The zero-order valence-corrected chi connectivity index (χ0v) is 20.5. The second kappa shape index (κ2) is 13.1. The molecule has 2 rings (SSSR count). The summed E-state index contributed by atoms with van der Waals surface area (Å²) >= 11 is 1.04. The highest BCUT2D eigenvalue weighted by Crippen LogP contribution is 2.43. The van der Waals surface area contributed by atoms with Gasteiger partial charge in [0, 0.05) is 30.9 Å². The van der Waals surface area contributed by atoms with Crippen LogP contribution in [-0.2, 0) is 18.0 Å². The molecule has 0 saturated carbocycles. The van der Waals surface area contributed by atoms with Gasteiger partial charge in [0.1, 0.15) is 20.1 Å². The van der Waals surface area contributed by atoms with E-state index < -0.39 is 39.7 Å². The van der Waals surface area contributed by atoms with Gasteiger partial charge in [-0.1, -0.05) is 13.8 Å². The Morgan fingerprint density at radius 2 is 2.32 bits per heavy atom. The molecule has 176 valence electrons. The predicted octanol–water partition coefficient (Wildman–Crippen LogP) is 1.51. The molecule has 31 heavy (non-hydrogen) atoms. The maximum atomic E-state index is 12.3. The molecule has 0 amide bonds. The van der Waals surface area contributed by atoms with Crippen LogP contribution in [0.4, 0.5) is 0 Å². The van der Waals surface area contributed by atoms with Gasteiger partial charge in [-0.15, -0.1) is 0 Å². The molecule has 5 atom stereocenters. The number of hydrogen-bond donors (Lipinski definition) is 2. The first-order valence-corrected chi connectivity index (χ1v) is 13.0. The van der Waals surface area contributed by atoms with Crippen LogP contribution in [0.15, 0.2) is 15.8 Å². The highest BCUT2D eigenvalue weighted by atomic mass is 32.2. The number of aryl methyl sites for hydroxylation is 1. The maximum absolute atomic E-state index is 12.3. The monoisotopic (exact) mass is 478 g/mol. The molecule has 1 aromatic rings. The van der Waals surface area contributed by atoms with Gasteiger partial charge in [0.15, 0.2) is 8.38 Å². The van der Waals surface area contributed by atoms with Crippen molar-refractivity contribution in [2.45, 2.75) is 71.1 Å². The second-order valence-electron chi connectivity index (χ2n) is 7.81. The van der Waals surface area contributed by atoms with Gasteiger partial charge >= 0.3 is 5.69 Å². The van der Waals surface area contributed by atoms with Crippen molar-refractivity contribution in [3.8, 4) is 0 Å². The number of aromatic nitrogens is 2. The van der Waals surface area contributed by atoms with Gasteiger partial charge in [0.2, 0.25) is 0 Å². The Bertz CT molecular complexity index is 848. The van der Waals surface area contributed by atoms with E-state index >= 15 is 0 Å². The summed E-state index contributed by atoms with van der Waals surface area (Å²) in [6.45, 7) is 10.8. The van der Waals surface area contributed by atoms with E-state index in [2.05, 4.69) is 24.1 Å². The number of H-pyrrole nitrogens is 1. The van der Waals surface area contributed by atoms with Crippen LogP contribution in [0, 0.1) is 6.92 Å². The molecule has 0 aliphatic carbocycles. The van der Waals surface area contributed by atoms with Crippen molar-refractivity contribution in [3.63, 3.8) is 0 Å². The van der Waals surface area contributed by atoms with Gasteiger partial charge in [0.05, 0.1) is 18.8 Å². The Morgan fingerprint density at radius 3 is 3.03 bits per heavy atom. The smallest absolute Gasteiger partial charge is 0.330 e. The first-order valence-electron chi connectivity index (χ1n) is 11.6. The van der Waals surface area contributed by atoms with Gasteiger partial charge in [-0.05, 0) is 47.2 Å². The Hall–Kier alpha value is -0.675. The molecule has 0 spiro atoms. The Morgan fingerprint density at radius 1 is 1.55 bits per heavy atom. The first kappa shape index (κ1) is 23.5. The van der Waals surface area contributed by atoms with E-state index in [-0.39, 0.29) is 24.5 Å². The lowest BCUT2D eigenvalue weighted by atomic mass is 10.2. The molecule has 2 N–H and O–H groups in total. The van der Waals surface area contributed by atoms with Crippen molar-refractivity contribution >= 4 is 28.2 Å². The lowest BCUT2D eigenvalue weighted by Gasteiger charge is -2.24. The largest absolute Gasteiger partial charge is 0.349 e. The third kappa shape index (κ3) is 8.65. The third-order valence-electron chi connectivity index (χ3n) is 4.74. The fourth-order valence-electron chi connectivity index (χ4n) is 3.19. The summed E-state index contributed by atoms with van der Waals surface area (Å²) in [6, 6.07) is 0.420. The minimum Gasteiger partial charge on any atom is -0.349 e. The van der Waals surface area contributed by atoms with Gasteiger partial charge in [-0.2, -0.15) is 0 Å². The van der Waals surface area contributed by atoms with Crippen LogP contribution in [0.2, 0.25) is 0 Å². The summed E-state index contributed by atoms with van der Waals surface area (Å²) in [5.74, 6) is 0. The molecule has 1 saturated heterocycles. The van der Waals surface area contributed by atoms with Gasteiger partial charge in [-0.3, -0.25) is 14.3 Å². The van der Waals surface area contributed by atoms with E-state index in [1.165, 1.54) is 10.8 Å². The topological polar surface area (TPSA) is 104 Å². The van der Waals surface area contributed by atoms with Crippen molar-refractivity contribution in [2.24, 2.45) is 0 Å². The fourth-order valence-corrected chi connectivity index (χ4v) is 4.78. The third-order valence-corrected chi connectivity index (χ3v) is 6.40. The molecule has 4 unspecified atom stereocenters. The van der Waals surface area contributed by atoms with E-state index in [0.717, 1.165) is 25.0 Å². The minimum absolute atomic E-state index is 0.0197. The van der Waals surface area contributed by atoms with Crippen molar-refractivity contribution in [1.29, 1.82) is 2.67 Å². The summed E-state index contributed by atoms with van der Waals surface area (Å²) < 4.78 is 39.7. The van der Waals surface area contributed by atoms with Crippen molar-refractivity contribution in [2.75, 3.05) is 25.5 Å². The lowest BCUT2D eigenvalue weighted by Crippen LogP contribution is -2.33. The molecule has 2 heterocycles. The van der Waals surface area contributed by atoms with E-state index in [4.69, 9.17) is 20.6 Å². The number of nitrogens with zero attached hydrogens (tertiary/aromatic N) is 1. The van der Waals surface area contributed by atoms with Crippen molar-refractivity contribution < 1.29 is 18.0 Å². The molecule has 1 aliphatic heterocycles. The molecule has 0 bridgehead atoms. The zero-order valence-electron chi connectivity index (χ0n) is 20.8. The van der Waals surface area contributed by atoms with Crippen molar-refractivity contribution in [3.05, 3.63) is 32.6 Å². The standard InChI is InChI=1S/C19H35BN3O6PS/c1-12(2)21-7-6-14(4)28-30(5)29-15-8-17(27-16(15)10-26-31-11-20)23-9-13(3)18(24)22-19(23)25/h9,12,14-17,21H,6-8,10-11,20H2,1-5H3,(H,22,24,25)/t14?,15?,16?,17?,30-/m0/s1/i20TD. The second-order valence-corrected chi connectivity index (χ2v) is 9.92. The predicted molar refractivity (Wildman–Crippen MR) is 128 cm³/mol. The highest BCUT2D eigenvalue weighted by molar-refractivity contribution is 7.95. The molecule has 0 radical (unpaired) electrons. The molecule has 12 heteroatoms. The van der Waals surface area contributed by atoms with Crippen LogP contribution in [0.5, 0.6) is 0 Å². The van der Waals surface area contributed by atoms with Gasteiger partial charge in [0.25, 0.3) is 5.56 Å². The Labute approximate surface area is 193 Å². The van der Waals surface area contributed by atoms with Crippen LogP contribution in [0.25, 0.3) is 0 Å². The summed E-state index contributed by atoms with van der Waals surface area (Å²) in [5, 5.41) is 3.37. The van der Waals surface area contributed by atoms with Crippen LogP contribution >= 0.6 is 20.4 Å². The highest BCUT2D eigenvalue weighted by Gasteiger charge is 2.39. The van der Waals surface area contributed by atoms with E-state index in [1.54, 1.807) is 6.92 Å². The maximum Gasteiger partial charge on any atom is 0.330 e. The van der Waals surface area contributed by atoms with E-state index in [0.29, 0.717) is 18.0 Å². The van der Waals surface area contributed by atoms with Gasteiger partial charge < -0.3 is 23.3 Å². The molecule has 1 fully saturated rings. The average Bonchev–Trinajstić information content (AvgIpc) is 3.09. The van der Waals surface area contributed by atoms with Crippen LogP contribution in [0.1, 0.15) is 45.4 Å². The SMILES string of the molecule is [2H]B([3H])CSOCC1OC(n2cc(C)c(=O)[nH]c2=O)CC1O[P@@](C)OC(C)CCNC(C)C. The number of aromatic amines is 1. The molecule has 1 aromatic heterocycles. The number of hydrogen-bond acceptors (Lipinski definition) is 8. The average molecular weight is 478 g/mol. The molecule has 0 aromatic carbocycles. The van der Waals surface area contributed by atoms with Crippen LogP contribution in [0.3, 0.4) is 0 Å². The minimum atomic E-state index is -1.20. The molecular formula is C19H35BN3O6PS. The Kier molecular flexibility index (Phi) is 9.95. The van der Waals surface area contributed by atoms with Crippen molar-refractivity contribution in [1.82, 2.24) is 14.9 Å². The first-order chi connectivity index (χ1) is 15.6. The van der Waals surface area contributed by atoms with Gasteiger partial charge in [-0.25, -0.2) is 4.79 Å². The number of nitrogens with one attached hydrogen (secondary N) is 2. The molecular weight excluding hydrogens is 440 g/mol. The van der Waals surface area contributed by atoms with E-state index in [1.807, 2.05) is 13.6 Å². The quantitative estimate of drug-likeness (QED) is 0.180. The zero-order chi connectivity index (χ0) is 24.5. The normalized spacial score (nSPS) is 24.1. The summed E-state index contributed by atoms with van der Waals surface area (Å²) in [7, 11) is -2.18.